The molecule has 0 spiro atoms. The summed E-state index contributed by atoms with van der Waals surface area (Å²) in [5.74, 6) is -0.581. The molecular formula is C24H15Br2Cl2N3O3. The number of para-hydroxylation sites is 1. The van der Waals surface area contributed by atoms with E-state index in [0.717, 1.165) is 0 Å². The molecule has 0 heterocycles. The van der Waals surface area contributed by atoms with Crippen LogP contribution in [0, 0.1) is 11.3 Å². The second-order valence-electron chi connectivity index (χ2n) is 6.76. The van der Waals surface area contributed by atoms with Crippen LogP contribution in [0.5, 0.6) is 5.75 Å². The Bertz CT molecular complexity index is 1300. The van der Waals surface area contributed by atoms with Crippen LogP contribution in [0.4, 0.5) is 11.4 Å². The average molecular weight is 624 g/mol. The van der Waals surface area contributed by atoms with Crippen molar-refractivity contribution >= 4 is 84.3 Å². The monoisotopic (exact) mass is 621 g/mol. The number of ether oxygens (including phenoxy) is 1. The quantitative estimate of drug-likeness (QED) is 0.217. The Labute approximate surface area is 222 Å². The summed E-state index contributed by atoms with van der Waals surface area (Å²) >= 11 is 18.8. The van der Waals surface area contributed by atoms with Gasteiger partial charge in [0.15, 0.2) is 6.61 Å². The van der Waals surface area contributed by atoms with Crippen molar-refractivity contribution < 1.29 is 14.3 Å². The van der Waals surface area contributed by atoms with Crippen molar-refractivity contribution in [3.63, 3.8) is 0 Å². The van der Waals surface area contributed by atoms with Crippen molar-refractivity contribution in [2.24, 2.45) is 0 Å². The Hall–Kier alpha value is -2.83. The van der Waals surface area contributed by atoms with Crippen LogP contribution in [0.2, 0.25) is 10.0 Å². The first-order chi connectivity index (χ1) is 16.3. The number of rotatable bonds is 7. The lowest BCUT2D eigenvalue weighted by atomic mass is 10.1. The average Bonchev–Trinajstić information content (AvgIpc) is 2.78. The third kappa shape index (κ3) is 7.08. The molecule has 0 aliphatic heterocycles. The van der Waals surface area contributed by atoms with Gasteiger partial charge in [0.05, 0.1) is 19.7 Å². The van der Waals surface area contributed by atoms with E-state index in [1.807, 2.05) is 6.07 Å². The molecule has 3 aromatic carbocycles. The summed E-state index contributed by atoms with van der Waals surface area (Å²) in [4.78, 5) is 24.7. The SMILES string of the molecule is N#C/C(=C/c1cc(Br)c(OCC(=O)Nc2ccccc2Cl)c(Br)c1)C(=O)Nc1cccc(Cl)c1. The molecule has 172 valence electrons. The number of halogens is 4. The van der Waals surface area contributed by atoms with E-state index in [1.165, 1.54) is 6.08 Å². The summed E-state index contributed by atoms with van der Waals surface area (Å²) in [5, 5.41) is 15.7. The van der Waals surface area contributed by atoms with Crippen molar-refractivity contribution in [3.05, 3.63) is 90.8 Å². The molecule has 3 aromatic rings. The van der Waals surface area contributed by atoms with Crippen LogP contribution >= 0.6 is 55.1 Å². The van der Waals surface area contributed by atoms with Gasteiger partial charge in [-0.2, -0.15) is 5.26 Å². The maximum absolute atomic E-state index is 12.5. The summed E-state index contributed by atoms with van der Waals surface area (Å²) in [5.41, 5.74) is 1.41. The fourth-order valence-electron chi connectivity index (χ4n) is 2.77. The van der Waals surface area contributed by atoms with E-state index in [4.69, 9.17) is 27.9 Å². The zero-order valence-corrected chi connectivity index (χ0v) is 21.9. The van der Waals surface area contributed by atoms with Crippen molar-refractivity contribution in [1.29, 1.82) is 5.26 Å². The lowest BCUT2D eigenvalue weighted by Crippen LogP contribution is -2.20. The molecule has 0 bridgehead atoms. The number of anilines is 2. The Kier molecular flexibility index (Phi) is 9.13. The predicted octanol–water partition coefficient (Wildman–Crippen LogP) is 7.08. The Morgan fingerprint density at radius 3 is 2.35 bits per heavy atom. The van der Waals surface area contributed by atoms with Crippen molar-refractivity contribution in [2.45, 2.75) is 0 Å². The molecule has 0 aliphatic rings. The topological polar surface area (TPSA) is 91.2 Å². The molecule has 0 saturated heterocycles. The predicted molar refractivity (Wildman–Crippen MR) is 141 cm³/mol. The van der Waals surface area contributed by atoms with Gasteiger partial charge < -0.3 is 15.4 Å². The molecule has 0 unspecified atom stereocenters. The zero-order chi connectivity index (χ0) is 24.7. The largest absolute Gasteiger partial charge is 0.481 e. The minimum atomic E-state index is -0.575. The first-order valence-corrected chi connectivity index (χ1v) is 12.0. The van der Waals surface area contributed by atoms with Crippen LogP contribution in [0.1, 0.15) is 5.56 Å². The molecule has 2 amide bonds. The van der Waals surface area contributed by atoms with E-state index < -0.39 is 5.91 Å². The van der Waals surface area contributed by atoms with E-state index in [2.05, 4.69) is 42.5 Å². The highest BCUT2D eigenvalue weighted by Gasteiger charge is 2.14. The third-order valence-corrected chi connectivity index (χ3v) is 6.02. The molecule has 10 heteroatoms. The van der Waals surface area contributed by atoms with Gasteiger partial charge in [0.2, 0.25) is 0 Å². The smallest absolute Gasteiger partial charge is 0.266 e. The molecule has 2 N–H and O–H groups in total. The minimum absolute atomic E-state index is 0.105. The number of benzene rings is 3. The second kappa shape index (κ2) is 12.0. The molecular weight excluding hydrogens is 609 g/mol. The maximum Gasteiger partial charge on any atom is 0.266 e. The summed E-state index contributed by atoms with van der Waals surface area (Å²) in [6, 6.07) is 18.7. The van der Waals surface area contributed by atoms with E-state index in [9.17, 15) is 14.9 Å². The van der Waals surface area contributed by atoms with Crippen LogP contribution in [0.15, 0.2) is 75.2 Å². The second-order valence-corrected chi connectivity index (χ2v) is 9.32. The van der Waals surface area contributed by atoms with Crippen molar-refractivity contribution in [2.75, 3.05) is 17.2 Å². The Morgan fingerprint density at radius 2 is 1.71 bits per heavy atom. The van der Waals surface area contributed by atoms with Crippen LogP contribution in [-0.4, -0.2) is 18.4 Å². The zero-order valence-electron chi connectivity index (χ0n) is 17.2. The van der Waals surface area contributed by atoms with E-state index in [-0.39, 0.29) is 18.1 Å². The molecule has 0 radical (unpaired) electrons. The van der Waals surface area contributed by atoms with Crippen LogP contribution in [-0.2, 0) is 9.59 Å². The number of nitriles is 1. The lowest BCUT2D eigenvalue weighted by molar-refractivity contribution is -0.118. The van der Waals surface area contributed by atoms with Crippen LogP contribution in [0.3, 0.4) is 0 Å². The minimum Gasteiger partial charge on any atom is -0.481 e. The number of carbonyl (C=O) groups is 2. The van der Waals surface area contributed by atoms with Gasteiger partial charge in [-0.15, -0.1) is 0 Å². The molecule has 0 aromatic heterocycles. The fraction of sp³-hybridized carbons (Fsp3) is 0.0417. The van der Waals surface area contributed by atoms with E-state index in [0.29, 0.717) is 41.7 Å². The number of amides is 2. The molecule has 34 heavy (non-hydrogen) atoms. The Morgan fingerprint density at radius 1 is 1.00 bits per heavy atom. The van der Waals surface area contributed by atoms with Crippen molar-refractivity contribution in [3.8, 4) is 11.8 Å². The lowest BCUT2D eigenvalue weighted by Gasteiger charge is -2.12. The fourth-order valence-corrected chi connectivity index (χ4v) is 4.59. The normalized spacial score (nSPS) is 10.9. The third-order valence-electron chi connectivity index (χ3n) is 4.27. The van der Waals surface area contributed by atoms with E-state index >= 15 is 0 Å². The first kappa shape index (κ1) is 25.8. The van der Waals surface area contributed by atoms with Gasteiger partial charge in [-0.3, -0.25) is 9.59 Å². The van der Waals surface area contributed by atoms with Gasteiger partial charge in [-0.25, -0.2) is 0 Å². The van der Waals surface area contributed by atoms with E-state index in [1.54, 1.807) is 60.7 Å². The number of carbonyl (C=O) groups excluding carboxylic acids is 2. The van der Waals surface area contributed by atoms with Gasteiger partial charge in [0.1, 0.15) is 17.4 Å². The molecule has 6 nitrogen and oxygen atoms in total. The highest BCUT2D eigenvalue weighted by Crippen LogP contribution is 2.35. The number of hydrogen-bond acceptors (Lipinski definition) is 4. The molecule has 0 fully saturated rings. The summed E-state index contributed by atoms with van der Waals surface area (Å²) < 4.78 is 6.68. The summed E-state index contributed by atoms with van der Waals surface area (Å²) in [6.07, 6.45) is 1.43. The Balaban J connectivity index is 1.70. The number of hydrogen-bond donors (Lipinski definition) is 2. The summed E-state index contributed by atoms with van der Waals surface area (Å²) in [7, 11) is 0. The molecule has 0 aliphatic carbocycles. The number of nitrogens with one attached hydrogen (secondary N) is 2. The van der Waals surface area contributed by atoms with Gasteiger partial charge in [-0.05, 0) is 86.0 Å². The molecule has 3 rings (SSSR count). The standard InChI is InChI=1S/C24H15Br2Cl2N3O3/c25-18-9-14(8-15(12-29)24(33)30-17-5-3-4-16(27)11-17)10-19(26)23(18)34-13-22(32)31-21-7-2-1-6-20(21)28/h1-11H,13H2,(H,30,33)(H,31,32)/b15-8-. The van der Waals surface area contributed by atoms with Gasteiger partial charge in [0, 0.05) is 10.7 Å². The molecule has 0 saturated carbocycles. The van der Waals surface area contributed by atoms with Gasteiger partial charge >= 0.3 is 0 Å². The van der Waals surface area contributed by atoms with Gasteiger partial charge in [0.25, 0.3) is 11.8 Å². The summed E-state index contributed by atoms with van der Waals surface area (Å²) in [6.45, 7) is -0.261. The highest BCUT2D eigenvalue weighted by molar-refractivity contribution is 9.11. The maximum atomic E-state index is 12.5. The number of nitrogens with zero attached hydrogens (tertiary/aromatic N) is 1. The molecule has 0 atom stereocenters. The van der Waals surface area contributed by atoms with Gasteiger partial charge in [-0.1, -0.05) is 41.4 Å². The van der Waals surface area contributed by atoms with Crippen LogP contribution in [0.25, 0.3) is 6.08 Å². The van der Waals surface area contributed by atoms with Crippen LogP contribution < -0.4 is 15.4 Å². The first-order valence-electron chi connectivity index (χ1n) is 9.61. The highest BCUT2D eigenvalue weighted by atomic mass is 79.9. The van der Waals surface area contributed by atoms with Crippen molar-refractivity contribution in [1.82, 2.24) is 0 Å².